The van der Waals surface area contributed by atoms with Gasteiger partial charge in [-0.1, -0.05) is 20.4 Å². The van der Waals surface area contributed by atoms with Crippen LogP contribution in [0.4, 0.5) is 5.82 Å². The first-order valence-electron chi connectivity index (χ1n) is 9.83. The van der Waals surface area contributed by atoms with E-state index in [0.29, 0.717) is 12.0 Å². The minimum absolute atomic E-state index is 0.174. The molecule has 1 unspecified atom stereocenters. The van der Waals surface area contributed by atoms with E-state index in [1.807, 2.05) is 25.4 Å². The third-order valence-corrected chi connectivity index (χ3v) is 5.48. The Morgan fingerprint density at radius 2 is 2.00 bits per heavy atom. The molecule has 28 heavy (non-hydrogen) atoms. The van der Waals surface area contributed by atoms with E-state index in [1.54, 1.807) is 10.9 Å². The van der Waals surface area contributed by atoms with Crippen LogP contribution in [0.25, 0.3) is 5.82 Å². The average molecular weight is 399 g/mol. The third kappa shape index (κ3) is 4.86. The summed E-state index contributed by atoms with van der Waals surface area (Å²) in [5.74, 6) is 1.82. The Bertz CT molecular complexity index is 865. The molecule has 2 aromatic heterocycles. The van der Waals surface area contributed by atoms with Crippen molar-refractivity contribution < 1.29 is 5.11 Å². The monoisotopic (exact) mass is 399 g/mol. The molecular weight excluding hydrogens is 369 g/mol. The van der Waals surface area contributed by atoms with Crippen LogP contribution in [0.5, 0.6) is 0 Å². The largest absolute Gasteiger partial charge is 0.393 e. The smallest absolute Gasteiger partial charge is 0.160 e. The number of nitrogens with zero attached hydrogens (tertiary/aromatic N) is 4. The fraction of sp³-hybridized carbons (Fsp3) is 0.476. The third-order valence-electron chi connectivity index (χ3n) is 5.17. The first kappa shape index (κ1) is 20.7. The highest BCUT2D eigenvalue weighted by atomic mass is 31.0. The van der Waals surface area contributed by atoms with Gasteiger partial charge in [-0.2, -0.15) is 9.78 Å². The van der Waals surface area contributed by atoms with Crippen molar-refractivity contribution in [1.82, 2.24) is 20.1 Å². The molecule has 1 aliphatic carbocycles. The molecule has 2 aromatic rings. The molecule has 2 heterocycles. The van der Waals surface area contributed by atoms with Crippen LogP contribution in [0.2, 0.25) is 0 Å². The fourth-order valence-electron chi connectivity index (χ4n) is 3.47. The molecule has 1 fully saturated rings. The lowest BCUT2D eigenvalue weighted by Crippen LogP contribution is -2.34. The fourth-order valence-corrected chi connectivity index (χ4v) is 3.73. The normalized spacial score (nSPS) is 20.4. The quantitative estimate of drug-likeness (QED) is 0.577. The van der Waals surface area contributed by atoms with Gasteiger partial charge in [0.1, 0.15) is 5.82 Å². The van der Waals surface area contributed by atoms with Crippen LogP contribution in [0.15, 0.2) is 36.2 Å². The number of hydrogen-bond acceptors (Lipinski definition) is 5. The van der Waals surface area contributed by atoms with Gasteiger partial charge in [0.15, 0.2) is 5.82 Å². The number of aliphatic imine (C=N–C) groups is 1. The number of hydrogen-bond donors (Lipinski definition) is 2. The Kier molecular flexibility index (Phi) is 6.63. The van der Waals surface area contributed by atoms with Crippen LogP contribution in [0, 0.1) is 0 Å². The van der Waals surface area contributed by atoms with E-state index in [-0.39, 0.29) is 6.10 Å². The maximum atomic E-state index is 9.72. The van der Waals surface area contributed by atoms with Gasteiger partial charge >= 0.3 is 0 Å². The van der Waals surface area contributed by atoms with Crippen LogP contribution in [-0.2, 0) is 0 Å². The van der Waals surface area contributed by atoms with E-state index >= 15 is 0 Å². The second-order valence-corrected chi connectivity index (χ2v) is 8.46. The highest BCUT2D eigenvalue weighted by Gasteiger charge is 2.22. The second kappa shape index (κ2) is 8.97. The minimum Gasteiger partial charge on any atom is -0.393 e. The number of nitrogens with one attached hydrogen (secondary N) is 1. The predicted octanol–water partition coefficient (Wildman–Crippen LogP) is 3.36. The maximum absolute atomic E-state index is 9.72. The van der Waals surface area contributed by atoms with E-state index in [4.69, 9.17) is 4.99 Å². The van der Waals surface area contributed by atoms with Crippen molar-refractivity contribution in [2.75, 3.05) is 0 Å². The molecule has 1 atom stereocenters. The molecule has 2 N–H and O–H groups in total. The predicted molar refractivity (Wildman–Crippen MR) is 118 cm³/mol. The van der Waals surface area contributed by atoms with Crippen LogP contribution >= 0.6 is 9.24 Å². The zero-order valence-corrected chi connectivity index (χ0v) is 18.0. The Labute approximate surface area is 169 Å². The summed E-state index contributed by atoms with van der Waals surface area (Å²) in [4.78, 5) is 9.16. The number of aromatic nitrogens is 3. The van der Waals surface area contributed by atoms with E-state index < -0.39 is 0 Å². The second-order valence-electron chi connectivity index (χ2n) is 7.79. The summed E-state index contributed by atoms with van der Waals surface area (Å²) >= 11 is 0. The van der Waals surface area contributed by atoms with Gasteiger partial charge in [0.05, 0.1) is 12.3 Å². The molecule has 150 valence electrons. The minimum atomic E-state index is -0.174. The number of rotatable bonds is 6. The Hall–Kier alpha value is -2.04. The molecule has 0 radical (unpaired) electrons. The Morgan fingerprint density at radius 1 is 1.29 bits per heavy atom. The first-order valence-corrected chi connectivity index (χ1v) is 10.4. The van der Waals surface area contributed by atoms with Gasteiger partial charge in [-0.15, -0.1) is 9.24 Å². The standard InChI is InChI=1S/C21H30N5OP/c1-13(2)20-12-23-26(15(4)25-17-5-7-18(27)8-6-17)21(20)24-14(3)16-9-19(28)11-22-10-16/h9-13,17-18,25,27H,4-8,28H2,1-3H3/b24-14+/t17-,18+. The summed E-state index contributed by atoms with van der Waals surface area (Å²) in [6.45, 7) is 10.5. The van der Waals surface area contributed by atoms with Crippen LogP contribution < -0.4 is 10.6 Å². The Morgan fingerprint density at radius 3 is 2.64 bits per heavy atom. The number of pyridine rings is 1. The van der Waals surface area contributed by atoms with Crippen molar-refractivity contribution in [2.45, 2.75) is 64.5 Å². The van der Waals surface area contributed by atoms with Crippen molar-refractivity contribution in [3.63, 3.8) is 0 Å². The molecular formula is C21H30N5OP. The van der Waals surface area contributed by atoms with E-state index in [9.17, 15) is 5.11 Å². The van der Waals surface area contributed by atoms with Gasteiger partial charge in [-0.3, -0.25) is 4.98 Å². The van der Waals surface area contributed by atoms with Crippen molar-refractivity contribution in [3.05, 3.63) is 42.4 Å². The van der Waals surface area contributed by atoms with Crippen molar-refractivity contribution >= 4 is 31.9 Å². The first-order chi connectivity index (χ1) is 13.3. The van der Waals surface area contributed by atoms with Crippen LogP contribution in [-0.4, -0.2) is 37.7 Å². The lowest BCUT2D eigenvalue weighted by molar-refractivity contribution is 0.119. The Balaban J connectivity index is 1.88. The van der Waals surface area contributed by atoms with E-state index in [2.05, 4.69) is 45.1 Å². The molecule has 0 bridgehead atoms. The van der Waals surface area contributed by atoms with Crippen molar-refractivity contribution in [1.29, 1.82) is 0 Å². The zero-order chi connectivity index (χ0) is 20.3. The highest BCUT2D eigenvalue weighted by molar-refractivity contribution is 7.27. The van der Waals surface area contributed by atoms with Crippen molar-refractivity contribution in [3.8, 4) is 0 Å². The topological polar surface area (TPSA) is 75.3 Å². The molecule has 6 nitrogen and oxygen atoms in total. The molecule has 0 aliphatic heterocycles. The molecule has 1 aliphatic rings. The van der Waals surface area contributed by atoms with Gasteiger partial charge < -0.3 is 10.4 Å². The van der Waals surface area contributed by atoms with Crippen LogP contribution in [0.3, 0.4) is 0 Å². The summed E-state index contributed by atoms with van der Waals surface area (Å²) in [5, 5.41) is 18.8. The molecule has 1 saturated carbocycles. The molecule has 0 saturated heterocycles. The van der Waals surface area contributed by atoms with E-state index in [1.165, 1.54) is 0 Å². The summed E-state index contributed by atoms with van der Waals surface area (Å²) in [5.41, 5.74) is 2.94. The van der Waals surface area contributed by atoms with Gasteiger partial charge in [0.25, 0.3) is 0 Å². The van der Waals surface area contributed by atoms with Crippen LogP contribution in [0.1, 0.15) is 63.5 Å². The van der Waals surface area contributed by atoms with Gasteiger partial charge in [0, 0.05) is 35.3 Å². The number of aliphatic hydroxyl groups is 1. The van der Waals surface area contributed by atoms with Gasteiger partial charge in [-0.25, -0.2) is 4.99 Å². The summed E-state index contributed by atoms with van der Waals surface area (Å²) in [6.07, 6.45) is 8.84. The SMILES string of the molecule is C=C(N[C@H]1CC[C@@H](O)CC1)n1ncc(C(C)C)c1/N=C(\C)c1cncc(P)c1. The molecule has 3 rings (SSSR count). The summed E-state index contributed by atoms with van der Waals surface area (Å²) in [6, 6.07) is 2.35. The number of aliphatic hydroxyl groups excluding tert-OH is 1. The molecule has 7 heteroatoms. The highest BCUT2D eigenvalue weighted by Crippen LogP contribution is 2.29. The lowest BCUT2D eigenvalue weighted by atomic mass is 9.93. The van der Waals surface area contributed by atoms with E-state index in [0.717, 1.165) is 59.5 Å². The summed E-state index contributed by atoms with van der Waals surface area (Å²) < 4.78 is 1.79. The van der Waals surface area contributed by atoms with Gasteiger partial charge in [-0.05, 0) is 49.9 Å². The maximum Gasteiger partial charge on any atom is 0.160 e. The zero-order valence-electron chi connectivity index (χ0n) is 16.9. The summed E-state index contributed by atoms with van der Waals surface area (Å²) in [7, 11) is 2.67. The average Bonchev–Trinajstić information content (AvgIpc) is 3.07. The van der Waals surface area contributed by atoms with Crippen molar-refractivity contribution in [2.24, 2.45) is 4.99 Å². The van der Waals surface area contributed by atoms with Gasteiger partial charge in [0.2, 0.25) is 0 Å². The lowest BCUT2D eigenvalue weighted by Gasteiger charge is -2.27. The molecule has 0 amide bonds. The molecule has 0 aromatic carbocycles. The molecule has 0 spiro atoms.